The summed E-state index contributed by atoms with van der Waals surface area (Å²) in [6.07, 6.45) is 10.1. The molecule has 0 aromatic heterocycles. The average molecular weight is 151 g/mol. The van der Waals surface area contributed by atoms with E-state index in [1.54, 1.807) is 0 Å². The normalized spacial score (nSPS) is 31.3. The van der Waals surface area contributed by atoms with Crippen LogP contribution in [0, 0.1) is 18.3 Å². The lowest BCUT2D eigenvalue weighted by atomic mass is 9.89. The van der Waals surface area contributed by atoms with Gasteiger partial charge in [-0.3, -0.25) is 0 Å². The van der Waals surface area contributed by atoms with Gasteiger partial charge in [0.05, 0.1) is 0 Å². The van der Waals surface area contributed by atoms with Gasteiger partial charge in [-0.2, -0.15) is 0 Å². The molecule has 0 bridgehead atoms. The van der Waals surface area contributed by atoms with Crippen molar-refractivity contribution in [3.8, 4) is 12.3 Å². The second-order valence-corrected chi connectivity index (χ2v) is 3.36. The molecule has 1 N–H and O–H groups in total. The van der Waals surface area contributed by atoms with E-state index < -0.39 is 0 Å². The van der Waals surface area contributed by atoms with Crippen molar-refractivity contribution in [3.05, 3.63) is 0 Å². The predicted molar refractivity (Wildman–Crippen MR) is 48.3 cm³/mol. The smallest absolute Gasteiger partial charge is 0.0240 e. The topological polar surface area (TPSA) is 12.0 Å². The zero-order valence-electron chi connectivity index (χ0n) is 7.27. The van der Waals surface area contributed by atoms with Crippen LogP contribution < -0.4 is 5.32 Å². The molecule has 1 aliphatic rings. The molecular weight excluding hydrogens is 134 g/mol. The van der Waals surface area contributed by atoms with Gasteiger partial charge >= 0.3 is 0 Å². The summed E-state index contributed by atoms with van der Waals surface area (Å²) < 4.78 is 0. The van der Waals surface area contributed by atoms with E-state index in [1.165, 1.54) is 19.3 Å². The van der Waals surface area contributed by atoms with Crippen LogP contribution in [0.1, 0.15) is 32.6 Å². The average Bonchev–Trinajstić information content (AvgIpc) is 2.06. The molecule has 0 saturated carbocycles. The van der Waals surface area contributed by atoms with Gasteiger partial charge in [0.25, 0.3) is 0 Å². The Morgan fingerprint density at radius 1 is 1.64 bits per heavy atom. The molecule has 0 spiro atoms. The minimum absolute atomic E-state index is 0.596. The van der Waals surface area contributed by atoms with Gasteiger partial charge in [0, 0.05) is 12.5 Å². The Morgan fingerprint density at radius 2 is 2.45 bits per heavy atom. The Morgan fingerprint density at radius 3 is 3.09 bits per heavy atom. The fourth-order valence-electron chi connectivity index (χ4n) is 1.76. The molecule has 0 aromatic carbocycles. The van der Waals surface area contributed by atoms with Crippen molar-refractivity contribution in [1.29, 1.82) is 0 Å². The second kappa shape index (κ2) is 4.41. The molecule has 1 aliphatic heterocycles. The first-order valence-corrected chi connectivity index (χ1v) is 4.53. The molecule has 0 aromatic rings. The SMILES string of the molecule is C#CCC1CC(CC)CCN1. The molecule has 2 atom stereocenters. The molecule has 1 heterocycles. The summed E-state index contributed by atoms with van der Waals surface area (Å²) in [5.74, 6) is 3.63. The first-order valence-electron chi connectivity index (χ1n) is 4.53. The highest BCUT2D eigenvalue weighted by Gasteiger charge is 2.18. The van der Waals surface area contributed by atoms with E-state index in [4.69, 9.17) is 6.42 Å². The number of hydrogen-bond acceptors (Lipinski definition) is 1. The lowest BCUT2D eigenvalue weighted by Crippen LogP contribution is -2.37. The quantitative estimate of drug-likeness (QED) is 0.593. The van der Waals surface area contributed by atoms with Crippen LogP contribution in [0.15, 0.2) is 0 Å². The van der Waals surface area contributed by atoms with Crippen molar-refractivity contribution in [2.45, 2.75) is 38.6 Å². The van der Waals surface area contributed by atoms with Crippen LogP contribution in [0.25, 0.3) is 0 Å². The maximum absolute atomic E-state index is 5.26. The fourth-order valence-corrected chi connectivity index (χ4v) is 1.76. The van der Waals surface area contributed by atoms with Crippen LogP contribution in [0.4, 0.5) is 0 Å². The fraction of sp³-hybridized carbons (Fsp3) is 0.800. The lowest BCUT2D eigenvalue weighted by Gasteiger charge is -2.28. The first kappa shape index (κ1) is 8.62. The summed E-state index contributed by atoms with van der Waals surface area (Å²) >= 11 is 0. The standard InChI is InChI=1S/C10H17N/c1-3-5-10-8-9(4-2)6-7-11-10/h1,9-11H,4-8H2,2H3. The highest BCUT2D eigenvalue weighted by Crippen LogP contribution is 2.20. The van der Waals surface area contributed by atoms with Crippen molar-refractivity contribution >= 4 is 0 Å². The number of nitrogens with one attached hydrogen (secondary N) is 1. The maximum atomic E-state index is 5.26. The van der Waals surface area contributed by atoms with Gasteiger partial charge in [0.1, 0.15) is 0 Å². The zero-order valence-corrected chi connectivity index (χ0v) is 7.27. The Hall–Kier alpha value is -0.480. The molecule has 1 nitrogen and oxygen atoms in total. The highest BCUT2D eigenvalue weighted by atomic mass is 14.9. The molecule has 0 aliphatic carbocycles. The Bertz CT molecular complexity index is 145. The molecular formula is C10H17N. The summed E-state index contributed by atoms with van der Waals surface area (Å²) in [5.41, 5.74) is 0. The summed E-state index contributed by atoms with van der Waals surface area (Å²) in [6.45, 7) is 3.42. The van der Waals surface area contributed by atoms with Crippen LogP contribution in [0.5, 0.6) is 0 Å². The summed E-state index contributed by atoms with van der Waals surface area (Å²) in [6, 6.07) is 0.596. The second-order valence-electron chi connectivity index (χ2n) is 3.36. The van der Waals surface area contributed by atoms with E-state index in [1.807, 2.05) is 0 Å². The summed E-state index contributed by atoms with van der Waals surface area (Å²) in [4.78, 5) is 0. The van der Waals surface area contributed by atoms with Gasteiger partial charge in [-0.25, -0.2) is 0 Å². The Balaban J connectivity index is 2.28. The van der Waals surface area contributed by atoms with Crippen LogP contribution in [0.3, 0.4) is 0 Å². The van der Waals surface area contributed by atoms with Gasteiger partial charge in [0.15, 0.2) is 0 Å². The maximum Gasteiger partial charge on any atom is 0.0240 e. The predicted octanol–water partition coefficient (Wildman–Crippen LogP) is 1.79. The van der Waals surface area contributed by atoms with Crippen molar-refractivity contribution in [1.82, 2.24) is 5.32 Å². The molecule has 1 heteroatoms. The third-order valence-electron chi connectivity index (χ3n) is 2.55. The molecule has 1 saturated heterocycles. The van der Waals surface area contributed by atoms with E-state index >= 15 is 0 Å². The molecule has 2 unspecified atom stereocenters. The molecule has 0 amide bonds. The summed E-state index contributed by atoms with van der Waals surface area (Å²) in [5, 5.41) is 3.44. The van der Waals surface area contributed by atoms with Crippen LogP contribution >= 0.6 is 0 Å². The third kappa shape index (κ3) is 2.55. The number of rotatable bonds is 2. The Labute approximate surface area is 69.6 Å². The number of hydrogen-bond donors (Lipinski definition) is 1. The van der Waals surface area contributed by atoms with Gasteiger partial charge in [-0.15, -0.1) is 12.3 Å². The third-order valence-corrected chi connectivity index (χ3v) is 2.55. The number of piperidine rings is 1. The van der Waals surface area contributed by atoms with E-state index in [9.17, 15) is 0 Å². The van der Waals surface area contributed by atoms with Crippen LogP contribution in [-0.2, 0) is 0 Å². The molecule has 11 heavy (non-hydrogen) atoms. The van der Waals surface area contributed by atoms with Crippen molar-refractivity contribution in [2.75, 3.05) is 6.54 Å². The van der Waals surface area contributed by atoms with Crippen molar-refractivity contribution < 1.29 is 0 Å². The number of terminal acetylenes is 1. The van der Waals surface area contributed by atoms with Crippen LogP contribution in [-0.4, -0.2) is 12.6 Å². The first-order chi connectivity index (χ1) is 5.36. The minimum Gasteiger partial charge on any atom is -0.313 e. The molecule has 0 radical (unpaired) electrons. The van der Waals surface area contributed by atoms with Gasteiger partial charge in [-0.05, 0) is 25.3 Å². The van der Waals surface area contributed by atoms with E-state index in [-0.39, 0.29) is 0 Å². The van der Waals surface area contributed by atoms with Crippen molar-refractivity contribution in [2.24, 2.45) is 5.92 Å². The van der Waals surface area contributed by atoms with Gasteiger partial charge < -0.3 is 5.32 Å². The lowest BCUT2D eigenvalue weighted by molar-refractivity contribution is 0.298. The largest absolute Gasteiger partial charge is 0.313 e. The van der Waals surface area contributed by atoms with E-state index in [0.29, 0.717) is 6.04 Å². The van der Waals surface area contributed by atoms with Crippen LogP contribution in [0.2, 0.25) is 0 Å². The van der Waals surface area contributed by atoms with E-state index in [2.05, 4.69) is 18.2 Å². The monoisotopic (exact) mass is 151 g/mol. The molecule has 1 fully saturated rings. The summed E-state index contributed by atoms with van der Waals surface area (Å²) in [7, 11) is 0. The highest BCUT2D eigenvalue weighted by molar-refractivity contribution is 4.92. The molecule has 62 valence electrons. The zero-order chi connectivity index (χ0) is 8.10. The van der Waals surface area contributed by atoms with E-state index in [0.717, 1.165) is 18.9 Å². The molecule has 1 rings (SSSR count). The van der Waals surface area contributed by atoms with Crippen molar-refractivity contribution in [3.63, 3.8) is 0 Å². The van der Waals surface area contributed by atoms with Gasteiger partial charge in [-0.1, -0.05) is 13.3 Å². The minimum atomic E-state index is 0.596. The van der Waals surface area contributed by atoms with Gasteiger partial charge in [0.2, 0.25) is 0 Å². The Kier molecular flexibility index (Phi) is 3.45.